The molecule has 2 N–H and O–H groups in total. The molecule has 1 saturated carbocycles. The average Bonchev–Trinajstić information content (AvgIpc) is 3.24. The van der Waals surface area contributed by atoms with Crippen LogP contribution < -0.4 is 5.32 Å². The molecule has 2 heterocycles. The van der Waals surface area contributed by atoms with Crippen LogP contribution in [-0.2, 0) is 9.53 Å². The highest BCUT2D eigenvalue weighted by Crippen LogP contribution is 2.26. The van der Waals surface area contributed by atoms with Gasteiger partial charge in [0, 0.05) is 46.4 Å². The first-order valence-corrected chi connectivity index (χ1v) is 10.2. The maximum absolute atomic E-state index is 12.4. The Balaban J connectivity index is 0.00000261. The fourth-order valence-electron chi connectivity index (χ4n) is 4.33. The van der Waals surface area contributed by atoms with E-state index in [1.165, 1.54) is 19.3 Å². The van der Waals surface area contributed by atoms with Gasteiger partial charge in [-0.25, -0.2) is 0 Å². The lowest BCUT2D eigenvalue weighted by atomic mass is 9.85. The minimum absolute atomic E-state index is 0. The predicted molar refractivity (Wildman–Crippen MR) is 116 cm³/mol. The summed E-state index contributed by atoms with van der Waals surface area (Å²) in [7, 11) is 1.78. The zero-order valence-electron chi connectivity index (χ0n) is 16.4. The Labute approximate surface area is 179 Å². The highest BCUT2D eigenvalue weighted by molar-refractivity contribution is 14.0. The standard InChI is InChI=1S/C19H34N4O3.HI/c1-20-19(21-14-16(24)15-6-3-2-4-7-15)23-11-9-22(10-12-23)18(25)17-8-5-13-26-17;/h15-17,24H,2-14H2,1H3,(H,20,21);1H. The summed E-state index contributed by atoms with van der Waals surface area (Å²) in [5, 5.41) is 13.8. The summed E-state index contributed by atoms with van der Waals surface area (Å²) < 4.78 is 5.52. The lowest BCUT2D eigenvalue weighted by Gasteiger charge is -2.37. The Kier molecular flexibility index (Phi) is 9.58. The van der Waals surface area contributed by atoms with Crippen LogP contribution in [0.15, 0.2) is 4.99 Å². The number of aliphatic hydroxyl groups excluding tert-OH is 1. The van der Waals surface area contributed by atoms with Crippen LogP contribution in [0, 0.1) is 5.92 Å². The summed E-state index contributed by atoms with van der Waals surface area (Å²) in [5.74, 6) is 1.37. The highest BCUT2D eigenvalue weighted by Gasteiger charge is 2.31. The minimum Gasteiger partial charge on any atom is -0.391 e. The topological polar surface area (TPSA) is 77.4 Å². The molecular formula is C19H35IN4O3. The van der Waals surface area contributed by atoms with E-state index in [9.17, 15) is 9.90 Å². The number of rotatable bonds is 4. The predicted octanol–water partition coefficient (Wildman–Crippen LogP) is 1.44. The Morgan fingerprint density at radius 2 is 1.78 bits per heavy atom. The highest BCUT2D eigenvalue weighted by atomic mass is 127. The largest absolute Gasteiger partial charge is 0.391 e. The van der Waals surface area contributed by atoms with Crippen molar-refractivity contribution < 1.29 is 14.6 Å². The zero-order chi connectivity index (χ0) is 18.4. The van der Waals surface area contributed by atoms with Crippen molar-refractivity contribution in [2.75, 3.05) is 46.4 Å². The molecule has 0 aromatic carbocycles. The summed E-state index contributed by atoms with van der Waals surface area (Å²) in [4.78, 5) is 20.9. The van der Waals surface area contributed by atoms with Crippen molar-refractivity contribution in [2.24, 2.45) is 10.9 Å². The number of nitrogens with one attached hydrogen (secondary N) is 1. The van der Waals surface area contributed by atoms with Crippen molar-refractivity contribution in [3.05, 3.63) is 0 Å². The van der Waals surface area contributed by atoms with Crippen LogP contribution in [0.3, 0.4) is 0 Å². The number of nitrogens with zero attached hydrogens (tertiary/aromatic N) is 3. The Bertz CT molecular complexity index is 485. The zero-order valence-corrected chi connectivity index (χ0v) is 18.8. The first kappa shape index (κ1) is 22.7. The number of carbonyl (C=O) groups excluding carboxylic acids is 1. The van der Waals surface area contributed by atoms with Crippen molar-refractivity contribution in [3.8, 4) is 0 Å². The summed E-state index contributed by atoms with van der Waals surface area (Å²) in [6.07, 6.45) is 7.31. The lowest BCUT2D eigenvalue weighted by molar-refractivity contribution is -0.142. The van der Waals surface area contributed by atoms with Gasteiger partial charge in [-0.15, -0.1) is 24.0 Å². The second-order valence-electron chi connectivity index (χ2n) is 7.71. The van der Waals surface area contributed by atoms with Gasteiger partial charge in [-0.05, 0) is 31.6 Å². The molecule has 27 heavy (non-hydrogen) atoms. The number of halogens is 1. The number of piperazine rings is 1. The van der Waals surface area contributed by atoms with Crippen molar-refractivity contribution >= 4 is 35.8 Å². The maximum Gasteiger partial charge on any atom is 0.251 e. The summed E-state index contributed by atoms with van der Waals surface area (Å²) in [6, 6.07) is 0. The van der Waals surface area contributed by atoms with Crippen LogP contribution in [0.4, 0.5) is 0 Å². The summed E-state index contributed by atoms with van der Waals surface area (Å²) in [6.45, 7) is 4.17. The van der Waals surface area contributed by atoms with Gasteiger partial charge in [0.2, 0.25) is 0 Å². The van der Waals surface area contributed by atoms with Crippen LogP contribution in [0.25, 0.3) is 0 Å². The van der Waals surface area contributed by atoms with E-state index in [1.54, 1.807) is 7.05 Å². The fourth-order valence-corrected chi connectivity index (χ4v) is 4.33. The van der Waals surface area contributed by atoms with Crippen LogP contribution in [0.5, 0.6) is 0 Å². The third-order valence-corrected chi connectivity index (χ3v) is 5.97. The van der Waals surface area contributed by atoms with Gasteiger partial charge in [-0.3, -0.25) is 9.79 Å². The quantitative estimate of drug-likeness (QED) is 0.352. The van der Waals surface area contributed by atoms with E-state index in [2.05, 4.69) is 15.2 Å². The smallest absolute Gasteiger partial charge is 0.251 e. The molecule has 2 atom stereocenters. The molecule has 1 aliphatic carbocycles. The second kappa shape index (κ2) is 11.4. The van der Waals surface area contributed by atoms with Gasteiger partial charge in [-0.2, -0.15) is 0 Å². The third kappa shape index (κ3) is 6.19. The van der Waals surface area contributed by atoms with Gasteiger partial charge in [0.25, 0.3) is 5.91 Å². The number of amides is 1. The summed E-state index contributed by atoms with van der Waals surface area (Å²) in [5.41, 5.74) is 0. The maximum atomic E-state index is 12.4. The van der Waals surface area contributed by atoms with Gasteiger partial charge >= 0.3 is 0 Å². The van der Waals surface area contributed by atoms with E-state index in [0.717, 1.165) is 44.7 Å². The molecule has 0 bridgehead atoms. The molecule has 0 spiro atoms. The minimum atomic E-state index is -0.311. The summed E-state index contributed by atoms with van der Waals surface area (Å²) >= 11 is 0. The molecule has 8 heteroatoms. The van der Waals surface area contributed by atoms with Gasteiger partial charge in [0.1, 0.15) is 6.10 Å². The molecule has 3 aliphatic rings. The Morgan fingerprint density at radius 3 is 2.37 bits per heavy atom. The third-order valence-electron chi connectivity index (χ3n) is 5.97. The first-order valence-electron chi connectivity index (χ1n) is 10.2. The number of guanidine groups is 1. The van der Waals surface area contributed by atoms with Crippen molar-refractivity contribution in [3.63, 3.8) is 0 Å². The Hall–Kier alpha value is -0.610. The molecule has 156 valence electrons. The van der Waals surface area contributed by atoms with Crippen molar-refractivity contribution in [1.82, 2.24) is 15.1 Å². The first-order chi connectivity index (χ1) is 12.7. The molecule has 2 aliphatic heterocycles. The number of carbonyl (C=O) groups is 1. The fraction of sp³-hybridized carbons (Fsp3) is 0.895. The van der Waals surface area contributed by atoms with Crippen molar-refractivity contribution in [2.45, 2.75) is 57.2 Å². The van der Waals surface area contributed by atoms with E-state index in [0.29, 0.717) is 32.2 Å². The second-order valence-corrected chi connectivity index (χ2v) is 7.71. The molecule has 0 radical (unpaired) electrons. The van der Waals surface area contributed by atoms with Crippen LogP contribution >= 0.6 is 24.0 Å². The molecular weight excluding hydrogens is 459 g/mol. The Morgan fingerprint density at radius 1 is 1.11 bits per heavy atom. The number of aliphatic hydroxyl groups is 1. The monoisotopic (exact) mass is 494 g/mol. The van der Waals surface area contributed by atoms with Crippen LogP contribution in [-0.4, -0.2) is 85.4 Å². The van der Waals surface area contributed by atoms with Gasteiger partial charge in [-0.1, -0.05) is 19.3 Å². The van der Waals surface area contributed by atoms with Crippen LogP contribution in [0.2, 0.25) is 0 Å². The van der Waals surface area contributed by atoms with Gasteiger partial charge in [0.05, 0.1) is 6.10 Å². The normalized spacial score (nSPS) is 25.9. The number of hydrogen-bond acceptors (Lipinski definition) is 4. The van der Waals surface area contributed by atoms with Crippen molar-refractivity contribution in [1.29, 1.82) is 0 Å². The van der Waals surface area contributed by atoms with Gasteiger partial charge < -0.3 is 25.0 Å². The molecule has 2 unspecified atom stereocenters. The van der Waals surface area contributed by atoms with E-state index in [4.69, 9.17) is 4.74 Å². The van der Waals surface area contributed by atoms with E-state index < -0.39 is 0 Å². The van der Waals surface area contributed by atoms with E-state index >= 15 is 0 Å². The number of ether oxygens (including phenoxy) is 1. The molecule has 3 fully saturated rings. The molecule has 1 amide bonds. The van der Waals surface area contributed by atoms with E-state index in [-0.39, 0.29) is 42.1 Å². The molecule has 7 nitrogen and oxygen atoms in total. The van der Waals surface area contributed by atoms with Crippen LogP contribution in [0.1, 0.15) is 44.9 Å². The lowest BCUT2D eigenvalue weighted by Crippen LogP contribution is -2.56. The molecule has 0 aromatic rings. The number of hydrogen-bond donors (Lipinski definition) is 2. The van der Waals surface area contributed by atoms with Gasteiger partial charge in [0.15, 0.2) is 5.96 Å². The molecule has 3 rings (SSSR count). The van der Waals surface area contributed by atoms with E-state index in [1.807, 2.05) is 4.90 Å². The SMILES string of the molecule is CN=C(NCC(O)C1CCCCC1)N1CCN(C(=O)C2CCCO2)CC1.I. The molecule has 0 aromatic heterocycles. The molecule has 2 saturated heterocycles. The average molecular weight is 494 g/mol. The number of aliphatic imine (C=N–C) groups is 1.